The highest BCUT2D eigenvalue weighted by Gasteiger charge is 2.62. The van der Waals surface area contributed by atoms with Crippen molar-refractivity contribution in [2.45, 2.75) is 58.5 Å². The number of aliphatic hydroxyl groups excluding tert-OH is 3. The number of fused-ring (bicyclic) bond motifs is 5. The van der Waals surface area contributed by atoms with Gasteiger partial charge < -0.3 is 15.3 Å². The highest BCUT2D eigenvalue weighted by atomic mass is 16.3. The van der Waals surface area contributed by atoms with Gasteiger partial charge in [-0.3, -0.25) is 4.79 Å². The van der Waals surface area contributed by atoms with Crippen LogP contribution >= 0.6 is 0 Å². The van der Waals surface area contributed by atoms with Crippen molar-refractivity contribution in [1.82, 2.24) is 0 Å². The first kappa shape index (κ1) is 17.3. The average molecular weight is 346 g/mol. The van der Waals surface area contributed by atoms with Gasteiger partial charge in [-0.15, -0.1) is 0 Å². The molecule has 0 amide bonds. The second-order valence-electron chi connectivity index (χ2n) is 9.28. The lowest BCUT2D eigenvalue weighted by Gasteiger charge is -2.58. The Balaban J connectivity index is 1.72. The summed E-state index contributed by atoms with van der Waals surface area (Å²) in [6, 6.07) is 0. The SMILES string of the molecule is C[C@]12C[C@H](O)[C@H]3[C@@H](CC=C4C=C(O)CC[C@@]43C)[C@@H]1CC[C@@H]2C(=O)CO. The van der Waals surface area contributed by atoms with Crippen LogP contribution in [0.4, 0.5) is 0 Å². The maximum Gasteiger partial charge on any atom is 0.161 e. The number of aliphatic hydroxyl groups is 3. The Kier molecular flexibility index (Phi) is 3.93. The number of allylic oxidation sites excluding steroid dienone is 4. The van der Waals surface area contributed by atoms with Crippen molar-refractivity contribution in [3.05, 3.63) is 23.5 Å². The van der Waals surface area contributed by atoms with Gasteiger partial charge in [-0.05, 0) is 72.3 Å². The Bertz CT molecular complexity index is 650. The summed E-state index contributed by atoms with van der Waals surface area (Å²) in [5.41, 5.74) is 0.894. The van der Waals surface area contributed by atoms with Gasteiger partial charge >= 0.3 is 0 Å². The molecule has 4 rings (SSSR count). The second kappa shape index (κ2) is 5.68. The third-order valence-electron chi connectivity index (χ3n) is 8.22. The fraction of sp³-hybridized carbons (Fsp3) is 0.762. The van der Waals surface area contributed by atoms with Crippen LogP contribution < -0.4 is 0 Å². The zero-order valence-corrected chi connectivity index (χ0v) is 15.2. The Morgan fingerprint density at radius 1 is 1.32 bits per heavy atom. The monoisotopic (exact) mass is 346 g/mol. The third kappa shape index (κ3) is 2.30. The summed E-state index contributed by atoms with van der Waals surface area (Å²) in [5.74, 6) is 1.28. The minimum atomic E-state index is -0.430. The normalized spacial score (nSPS) is 48.7. The van der Waals surface area contributed by atoms with E-state index in [1.54, 1.807) is 0 Å². The topological polar surface area (TPSA) is 77.8 Å². The number of ketones is 1. The Hall–Kier alpha value is -1.13. The molecule has 0 radical (unpaired) electrons. The molecule has 2 saturated carbocycles. The van der Waals surface area contributed by atoms with Crippen LogP contribution in [0, 0.1) is 34.5 Å². The quantitative estimate of drug-likeness (QED) is 0.718. The first-order valence-corrected chi connectivity index (χ1v) is 9.73. The molecular formula is C21H30O4. The summed E-state index contributed by atoms with van der Waals surface area (Å²) in [4.78, 5) is 12.3. The van der Waals surface area contributed by atoms with E-state index in [0.717, 1.165) is 25.7 Å². The van der Waals surface area contributed by atoms with Gasteiger partial charge in [-0.1, -0.05) is 19.9 Å². The zero-order valence-electron chi connectivity index (χ0n) is 15.2. The number of hydrogen-bond acceptors (Lipinski definition) is 4. The second-order valence-corrected chi connectivity index (χ2v) is 9.28. The van der Waals surface area contributed by atoms with Crippen LogP contribution in [0.15, 0.2) is 23.5 Å². The van der Waals surface area contributed by atoms with Crippen LogP contribution in [-0.2, 0) is 4.79 Å². The molecule has 0 spiro atoms. The fourth-order valence-corrected chi connectivity index (χ4v) is 7.08. The Labute approximate surface area is 149 Å². The van der Waals surface area contributed by atoms with Gasteiger partial charge in [-0.2, -0.15) is 0 Å². The summed E-state index contributed by atoms with van der Waals surface area (Å²) in [6.45, 7) is 4.02. The van der Waals surface area contributed by atoms with Crippen molar-refractivity contribution < 1.29 is 20.1 Å². The molecule has 3 N–H and O–H groups in total. The van der Waals surface area contributed by atoms with Crippen LogP contribution in [0.3, 0.4) is 0 Å². The minimum Gasteiger partial charge on any atom is -0.512 e. The summed E-state index contributed by atoms with van der Waals surface area (Å²) in [7, 11) is 0. The van der Waals surface area contributed by atoms with Gasteiger partial charge in [0.15, 0.2) is 5.78 Å². The molecule has 25 heavy (non-hydrogen) atoms. The van der Waals surface area contributed by atoms with Crippen molar-refractivity contribution in [3.8, 4) is 0 Å². The van der Waals surface area contributed by atoms with Crippen LogP contribution in [0.5, 0.6) is 0 Å². The van der Waals surface area contributed by atoms with Gasteiger partial charge in [-0.25, -0.2) is 0 Å². The molecule has 4 nitrogen and oxygen atoms in total. The molecule has 7 atom stereocenters. The van der Waals surface area contributed by atoms with Crippen molar-refractivity contribution in [2.75, 3.05) is 6.61 Å². The highest BCUT2D eigenvalue weighted by molar-refractivity contribution is 5.83. The van der Waals surface area contributed by atoms with Crippen molar-refractivity contribution in [2.24, 2.45) is 34.5 Å². The van der Waals surface area contributed by atoms with Crippen LogP contribution in [0.2, 0.25) is 0 Å². The van der Waals surface area contributed by atoms with Gasteiger partial charge in [0.25, 0.3) is 0 Å². The lowest BCUT2D eigenvalue weighted by atomic mass is 9.47. The molecule has 138 valence electrons. The van der Waals surface area contributed by atoms with Crippen molar-refractivity contribution in [1.29, 1.82) is 0 Å². The van der Waals surface area contributed by atoms with E-state index < -0.39 is 6.10 Å². The molecule has 0 aliphatic heterocycles. The van der Waals surface area contributed by atoms with Crippen LogP contribution in [0.25, 0.3) is 0 Å². The Morgan fingerprint density at radius 2 is 2.08 bits per heavy atom. The fourth-order valence-electron chi connectivity index (χ4n) is 7.08. The van der Waals surface area contributed by atoms with Gasteiger partial charge in [0.05, 0.1) is 11.9 Å². The van der Waals surface area contributed by atoms with E-state index in [-0.39, 0.29) is 35.1 Å². The maximum atomic E-state index is 12.3. The molecule has 0 aromatic rings. The van der Waals surface area contributed by atoms with Crippen LogP contribution in [0.1, 0.15) is 52.4 Å². The molecule has 0 aromatic carbocycles. The van der Waals surface area contributed by atoms with Gasteiger partial charge in [0, 0.05) is 12.3 Å². The van der Waals surface area contributed by atoms with Gasteiger partial charge in [0.2, 0.25) is 0 Å². The summed E-state index contributed by atoms with van der Waals surface area (Å²) in [6.07, 6.45) is 8.71. The highest BCUT2D eigenvalue weighted by Crippen LogP contribution is 2.65. The largest absolute Gasteiger partial charge is 0.512 e. The first-order valence-electron chi connectivity index (χ1n) is 9.73. The van der Waals surface area contributed by atoms with E-state index >= 15 is 0 Å². The van der Waals surface area contributed by atoms with E-state index in [0.29, 0.717) is 30.4 Å². The smallest absolute Gasteiger partial charge is 0.161 e. The standard InChI is InChI=1S/C21H30O4/c1-20-8-7-13(23)9-12(20)3-4-14-15-5-6-16(18(25)11-22)21(15,2)10-17(24)19(14)20/h3,9,14-17,19,22-24H,4-8,10-11H2,1-2H3/t14-,15-,16+,17-,19+,20-,21-/m0/s1. The summed E-state index contributed by atoms with van der Waals surface area (Å²) >= 11 is 0. The van der Waals surface area contributed by atoms with Crippen molar-refractivity contribution in [3.63, 3.8) is 0 Å². The molecule has 4 heteroatoms. The van der Waals surface area contributed by atoms with E-state index in [9.17, 15) is 20.1 Å². The molecule has 0 bridgehead atoms. The number of Topliss-reactive ketones (excluding diaryl/α,β-unsaturated/α-hetero) is 1. The molecule has 0 unspecified atom stereocenters. The first-order chi connectivity index (χ1) is 11.8. The Morgan fingerprint density at radius 3 is 2.80 bits per heavy atom. The molecule has 0 saturated heterocycles. The van der Waals surface area contributed by atoms with E-state index in [1.165, 1.54) is 5.57 Å². The molecular weight excluding hydrogens is 316 g/mol. The van der Waals surface area contributed by atoms with Crippen LogP contribution in [-0.4, -0.2) is 33.8 Å². The number of hydrogen-bond donors (Lipinski definition) is 3. The predicted molar refractivity (Wildman–Crippen MR) is 94.8 cm³/mol. The maximum absolute atomic E-state index is 12.3. The average Bonchev–Trinajstić information content (AvgIpc) is 2.91. The molecule has 4 aliphatic carbocycles. The van der Waals surface area contributed by atoms with E-state index in [2.05, 4.69) is 19.9 Å². The third-order valence-corrected chi connectivity index (χ3v) is 8.22. The molecule has 0 heterocycles. The lowest BCUT2D eigenvalue weighted by molar-refractivity contribution is -0.141. The molecule has 2 fully saturated rings. The van der Waals surface area contributed by atoms with Gasteiger partial charge in [0.1, 0.15) is 6.61 Å². The summed E-state index contributed by atoms with van der Waals surface area (Å²) < 4.78 is 0. The minimum absolute atomic E-state index is 0.0561. The zero-order chi connectivity index (χ0) is 18.0. The number of carbonyl (C=O) groups is 1. The van der Waals surface area contributed by atoms with E-state index in [4.69, 9.17) is 0 Å². The predicted octanol–water partition coefficient (Wildman–Crippen LogP) is 3.15. The molecule has 4 aliphatic rings. The van der Waals surface area contributed by atoms with Crippen molar-refractivity contribution >= 4 is 5.78 Å². The summed E-state index contributed by atoms with van der Waals surface area (Å²) in [5, 5.41) is 30.5. The molecule has 0 aromatic heterocycles. The lowest BCUT2D eigenvalue weighted by Crippen LogP contribution is -2.56. The van der Waals surface area contributed by atoms with E-state index in [1.807, 2.05) is 6.08 Å². The number of rotatable bonds is 2. The number of carbonyl (C=O) groups excluding carboxylic acids is 1.